The lowest BCUT2D eigenvalue weighted by Gasteiger charge is -2.22. The molecule has 1 aromatic heterocycles. The third-order valence-corrected chi connectivity index (χ3v) is 5.13. The molecule has 2 heterocycles. The molecule has 0 aliphatic carbocycles. The van der Waals surface area contributed by atoms with Gasteiger partial charge in [-0.3, -0.25) is 9.78 Å². The lowest BCUT2D eigenvalue weighted by molar-refractivity contribution is -0.147. The molecule has 18 heavy (non-hydrogen) atoms. The van der Waals surface area contributed by atoms with Crippen molar-refractivity contribution in [2.75, 3.05) is 11.5 Å². The zero-order chi connectivity index (χ0) is 13.4. The lowest BCUT2D eigenvalue weighted by atomic mass is 9.81. The van der Waals surface area contributed by atoms with Crippen LogP contribution in [-0.4, -0.2) is 36.0 Å². The molecule has 0 saturated carbocycles. The van der Waals surface area contributed by atoms with Gasteiger partial charge in [-0.05, 0) is 30.9 Å². The van der Waals surface area contributed by atoms with Gasteiger partial charge in [0.1, 0.15) is 0 Å². The van der Waals surface area contributed by atoms with Gasteiger partial charge in [-0.25, -0.2) is 8.42 Å². The van der Waals surface area contributed by atoms with E-state index in [1.807, 2.05) is 13.0 Å². The number of aromatic nitrogens is 1. The summed E-state index contributed by atoms with van der Waals surface area (Å²) in [6.07, 6.45) is 3.68. The Labute approximate surface area is 106 Å². The maximum Gasteiger partial charge on any atom is 0.311 e. The normalized spacial score (nSPS) is 26.1. The zero-order valence-electron chi connectivity index (χ0n) is 10.1. The first kappa shape index (κ1) is 13.0. The van der Waals surface area contributed by atoms with E-state index in [9.17, 15) is 18.3 Å². The van der Waals surface area contributed by atoms with Crippen LogP contribution in [0.3, 0.4) is 0 Å². The number of hydrogen-bond donors (Lipinski definition) is 1. The van der Waals surface area contributed by atoms with E-state index < -0.39 is 21.2 Å². The van der Waals surface area contributed by atoms with Crippen molar-refractivity contribution in [3.05, 3.63) is 29.6 Å². The van der Waals surface area contributed by atoms with Crippen LogP contribution in [0.25, 0.3) is 0 Å². The molecule has 1 aliphatic heterocycles. The number of carboxylic acids is 1. The Balaban J connectivity index is 2.31. The van der Waals surface area contributed by atoms with Crippen molar-refractivity contribution in [3.63, 3.8) is 0 Å². The third kappa shape index (κ3) is 2.53. The second kappa shape index (κ2) is 4.35. The van der Waals surface area contributed by atoms with Crippen LogP contribution in [0.4, 0.5) is 0 Å². The molecular weight excluding hydrogens is 254 g/mol. The van der Waals surface area contributed by atoms with Crippen molar-refractivity contribution in [1.82, 2.24) is 4.98 Å². The van der Waals surface area contributed by atoms with Crippen LogP contribution >= 0.6 is 0 Å². The van der Waals surface area contributed by atoms with Crippen molar-refractivity contribution < 1.29 is 18.3 Å². The molecule has 5 nitrogen and oxygen atoms in total. The van der Waals surface area contributed by atoms with Crippen LogP contribution in [0, 0.1) is 12.3 Å². The largest absolute Gasteiger partial charge is 0.481 e. The molecule has 2 rings (SSSR count). The predicted molar refractivity (Wildman–Crippen MR) is 66.0 cm³/mol. The molecule has 0 aromatic carbocycles. The van der Waals surface area contributed by atoms with Gasteiger partial charge in [-0.2, -0.15) is 0 Å². The molecule has 0 radical (unpaired) electrons. The van der Waals surface area contributed by atoms with Crippen LogP contribution in [0.1, 0.15) is 17.5 Å². The van der Waals surface area contributed by atoms with Gasteiger partial charge in [-0.15, -0.1) is 0 Å². The Morgan fingerprint density at radius 2 is 2.22 bits per heavy atom. The van der Waals surface area contributed by atoms with E-state index in [0.717, 1.165) is 11.1 Å². The third-order valence-electron chi connectivity index (χ3n) is 3.32. The highest BCUT2D eigenvalue weighted by Crippen LogP contribution is 2.36. The van der Waals surface area contributed by atoms with Crippen molar-refractivity contribution in [2.45, 2.75) is 19.8 Å². The highest BCUT2D eigenvalue weighted by molar-refractivity contribution is 7.91. The maximum atomic E-state index is 11.5. The Kier molecular flexibility index (Phi) is 3.14. The van der Waals surface area contributed by atoms with E-state index in [1.54, 1.807) is 12.4 Å². The summed E-state index contributed by atoms with van der Waals surface area (Å²) in [4.78, 5) is 15.4. The van der Waals surface area contributed by atoms with Gasteiger partial charge in [0, 0.05) is 12.4 Å². The molecule has 0 spiro atoms. The predicted octanol–water partition coefficient (Wildman–Crippen LogP) is 0.822. The molecule has 98 valence electrons. The summed E-state index contributed by atoms with van der Waals surface area (Å²) < 4.78 is 23.1. The average molecular weight is 269 g/mol. The summed E-state index contributed by atoms with van der Waals surface area (Å²) in [6.45, 7) is 1.87. The number of aryl methyl sites for hydroxylation is 1. The van der Waals surface area contributed by atoms with Crippen molar-refractivity contribution in [2.24, 2.45) is 5.41 Å². The fourth-order valence-electron chi connectivity index (χ4n) is 2.40. The number of sulfone groups is 1. The number of nitrogens with zero attached hydrogens (tertiary/aromatic N) is 1. The Morgan fingerprint density at radius 1 is 1.50 bits per heavy atom. The van der Waals surface area contributed by atoms with E-state index in [4.69, 9.17) is 0 Å². The number of aliphatic carboxylic acids is 1. The highest BCUT2D eigenvalue weighted by atomic mass is 32.2. The highest BCUT2D eigenvalue weighted by Gasteiger charge is 2.48. The van der Waals surface area contributed by atoms with Gasteiger partial charge < -0.3 is 5.11 Å². The zero-order valence-corrected chi connectivity index (χ0v) is 10.9. The Morgan fingerprint density at radius 3 is 2.72 bits per heavy atom. The molecule has 6 heteroatoms. The number of rotatable bonds is 3. The molecule has 1 fully saturated rings. The molecule has 1 aliphatic rings. The molecule has 1 aromatic rings. The minimum Gasteiger partial charge on any atom is -0.481 e. The Bertz CT molecular complexity index is 581. The van der Waals surface area contributed by atoms with Crippen LogP contribution in [0.2, 0.25) is 0 Å². The van der Waals surface area contributed by atoms with E-state index in [1.165, 1.54) is 0 Å². The topological polar surface area (TPSA) is 84.3 Å². The van der Waals surface area contributed by atoms with Crippen LogP contribution in [-0.2, 0) is 21.1 Å². The van der Waals surface area contributed by atoms with Crippen molar-refractivity contribution >= 4 is 15.8 Å². The molecule has 0 bridgehead atoms. The maximum absolute atomic E-state index is 11.5. The molecular formula is C12H15NO4S. The van der Waals surface area contributed by atoms with E-state index in [-0.39, 0.29) is 24.3 Å². The van der Waals surface area contributed by atoms with Crippen LogP contribution in [0.5, 0.6) is 0 Å². The average Bonchev–Trinajstić information content (AvgIpc) is 2.55. The monoisotopic (exact) mass is 269 g/mol. The quantitative estimate of drug-likeness (QED) is 0.878. The summed E-state index contributed by atoms with van der Waals surface area (Å²) in [6, 6.07) is 1.85. The van der Waals surface area contributed by atoms with Crippen molar-refractivity contribution in [1.29, 1.82) is 0 Å². The van der Waals surface area contributed by atoms with Gasteiger partial charge in [0.15, 0.2) is 9.84 Å². The molecule has 1 N–H and O–H groups in total. The first-order chi connectivity index (χ1) is 8.33. The van der Waals surface area contributed by atoms with Gasteiger partial charge in [0.25, 0.3) is 0 Å². The van der Waals surface area contributed by atoms with E-state index >= 15 is 0 Å². The van der Waals surface area contributed by atoms with Gasteiger partial charge in [-0.1, -0.05) is 6.07 Å². The van der Waals surface area contributed by atoms with Gasteiger partial charge in [0.2, 0.25) is 0 Å². The van der Waals surface area contributed by atoms with Crippen LogP contribution < -0.4 is 0 Å². The summed E-state index contributed by atoms with van der Waals surface area (Å²) in [5.74, 6) is -1.35. The van der Waals surface area contributed by atoms with Crippen LogP contribution in [0.15, 0.2) is 18.5 Å². The SMILES string of the molecule is Cc1cncc(CC2(C(=O)O)CCS(=O)(=O)C2)c1. The fourth-order valence-corrected chi connectivity index (χ4v) is 4.46. The van der Waals surface area contributed by atoms with E-state index in [2.05, 4.69) is 4.98 Å². The first-order valence-corrected chi connectivity index (χ1v) is 7.50. The summed E-state index contributed by atoms with van der Waals surface area (Å²) in [5, 5.41) is 9.34. The molecule has 0 amide bonds. The minimum absolute atomic E-state index is 0.0431. The minimum atomic E-state index is -3.23. The second-order valence-electron chi connectivity index (χ2n) is 4.97. The van der Waals surface area contributed by atoms with Crippen molar-refractivity contribution in [3.8, 4) is 0 Å². The smallest absolute Gasteiger partial charge is 0.311 e. The van der Waals surface area contributed by atoms with E-state index in [0.29, 0.717) is 0 Å². The Hall–Kier alpha value is -1.43. The van der Waals surface area contributed by atoms with Gasteiger partial charge in [0.05, 0.1) is 16.9 Å². The number of carboxylic acid groups (broad SMARTS) is 1. The number of pyridine rings is 1. The fraction of sp³-hybridized carbons (Fsp3) is 0.500. The summed E-state index contributed by atoms with van der Waals surface area (Å²) in [7, 11) is -3.23. The molecule has 1 atom stereocenters. The summed E-state index contributed by atoms with van der Waals surface area (Å²) >= 11 is 0. The molecule has 1 unspecified atom stereocenters. The number of carbonyl (C=O) groups is 1. The standard InChI is InChI=1S/C12H15NO4S/c1-9-4-10(7-13-6-9)5-12(11(14)15)2-3-18(16,17)8-12/h4,6-7H,2-3,5,8H2,1H3,(H,14,15). The number of hydrogen-bond acceptors (Lipinski definition) is 4. The lowest BCUT2D eigenvalue weighted by Crippen LogP contribution is -2.34. The second-order valence-corrected chi connectivity index (χ2v) is 7.16. The van der Waals surface area contributed by atoms with Gasteiger partial charge >= 0.3 is 5.97 Å². The first-order valence-electron chi connectivity index (χ1n) is 5.67. The summed E-state index contributed by atoms with van der Waals surface area (Å²) in [5.41, 5.74) is 0.525. The molecule has 1 saturated heterocycles.